The molecule has 9 heteroatoms. The Morgan fingerprint density at radius 2 is 1.94 bits per heavy atom. The highest BCUT2D eigenvalue weighted by atomic mass is 19.4. The van der Waals surface area contributed by atoms with E-state index in [0.29, 0.717) is 23.3 Å². The Hall–Kier alpha value is -3.23. The molecule has 5 rings (SSSR count). The van der Waals surface area contributed by atoms with Crippen LogP contribution in [0.15, 0.2) is 63.1 Å². The second-order valence-corrected chi connectivity index (χ2v) is 10.5. The van der Waals surface area contributed by atoms with E-state index in [2.05, 4.69) is 20.6 Å². The molecule has 2 atom stereocenters. The Morgan fingerprint density at radius 1 is 1.20 bits per heavy atom. The minimum absolute atomic E-state index is 0.0117. The maximum atomic E-state index is 14.2. The molecule has 35 heavy (non-hydrogen) atoms. The zero-order valence-corrected chi connectivity index (χ0v) is 20.4. The lowest BCUT2D eigenvalue weighted by Gasteiger charge is -2.48. The normalized spacial score (nSPS) is 25.6. The summed E-state index contributed by atoms with van der Waals surface area (Å²) in [4.78, 5) is 13.7. The summed E-state index contributed by atoms with van der Waals surface area (Å²) in [6.45, 7) is 7.72. The SMILES string of the molecule is CC[C@@]1(c2cccc(-c3cc(C)nn3C)c2)C2=C(CC(C)(C)CC2=O)NC2N=NC(C(F)(F)F)=C21. The highest BCUT2D eigenvalue weighted by Crippen LogP contribution is 2.56. The van der Waals surface area contributed by atoms with E-state index in [9.17, 15) is 18.0 Å². The van der Waals surface area contributed by atoms with Crippen LogP contribution in [0, 0.1) is 12.3 Å². The summed E-state index contributed by atoms with van der Waals surface area (Å²) in [5, 5.41) is 15.2. The Balaban J connectivity index is 1.83. The number of benzene rings is 1. The van der Waals surface area contributed by atoms with Gasteiger partial charge >= 0.3 is 6.18 Å². The van der Waals surface area contributed by atoms with Crippen LogP contribution in [0.1, 0.15) is 51.3 Å². The van der Waals surface area contributed by atoms with Gasteiger partial charge in [-0.3, -0.25) is 9.48 Å². The summed E-state index contributed by atoms with van der Waals surface area (Å²) in [5.74, 6) is -0.133. The number of nitrogens with zero attached hydrogens (tertiary/aromatic N) is 4. The number of azo groups is 1. The second kappa shape index (κ2) is 7.63. The molecule has 0 radical (unpaired) electrons. The van der Waals surface area contributed by atoms with E-state index >= 15 is 0 Å². The molecule has 2 aliphatic heterocycles. The molecular weight excluding hydrogens is 455 g/mol. The molecule has 1 aromatic carbocycles. The maximum absolute atomic E-state index is 14.2. The van der Waals surface area contributed by atoms with Crippen molar-refractivity contribution in [3.05, 3.63) is 64.1 Å². The highest BCUT2D eigenvalue weighted by Gasteiger charge is 2.57. The molecular formula is C26H28F3N5O. The quantitative estimate of drug-likeness (QED) is 0.591. The van der Waals surface area contributed by atoms with Gasteiger partial charge in [0.25, 0.3) is 0 Å². The molecule has 1 N–H and O–H groups in total. The van der Waals surface area contributed by atoms with Gasteiger partial charge in [0.05, 0.1) is 16.8 Å². The number of alkyl halides is 3. The molecule has 0 saturated carbocycles. The van der Waals surface area contributed by atoms with Crippen LogP contribution in [-0.4, -0.2) is 27.9 Å². The summed E-state index contributed by atoms with van der Waals surface area (Å²) in [6.07, 6.45) is -4.57. The van der Waals surface area contributed by atoms with Crippen LogP contribution in [-0.2, 0) is 17.3 Å². The topological polar surface area (TPSA) is 71.6 Å². The van der Waals surface area contributed by atoms with Crippen LogP contribution in [0.2, 0.25) is 0 Å². The number of aryl methyl sites for hydroxylation is 2. The van der Waals surface area contributed by atoms with Crippen LogP contribution in [0.25, 0.3) is 11.3 Å². The number of aromatic nitrogens is 2. The molecule has 3 aliphatic rings. The summed E-state index contributed by atoms with van der Waals surface area (Å²) >= 11 is 0. The number of nitrogens with one attached hydrogen (secondary N) is 1. The number of allylic oxidation sites excluding steroid dienone is 3. The van der Waals surface area contributed by atoms with E-state index in [-0.39, 0.29) is 29.6 Å². The fraction of sp³-hybridized carbons (Fsp3) is 0.462. The number of hydrogen-bond donors (Lipinski definition) is 1. The molecule has 0 fully saturated rings. The van der Waals surface area contributed by atoms with Crippen molar-refractivity contribution in [2.45, 2.75) is 64.7 Å². The summed E-state index contributed by atoms with van der Waals surface area (Å²) in [6, 6.07) is 9.37. The maximum Gasteiger partial charge on any atom is 0.435 e. The Morgan fingerprint density at radius 3 is 2.57 bits per heavy atom. The first-order chi connectivity index (χ1) is 16.4. The number of halogens is 3. The third-order valence-corrected chi connectivity index (χ3v) is 7.33. The number of Topliss-reactive ketones (excluding diaryl/α,β-unsaturated/α-hetero) is 1. The molecule has 0 bridgehead atoms. The fourth-order valence-corrected chi connectivity index (χ4v) is 6.04. The van der Waals surface area contributed by atoms with Crippen molar-refractivity contribution in [2.75, 3.05) is 0 Å². The van der Waals surface area contributed by atoms with Crippen molar-refractivity contribution < 1.29 is 18.0 Å². The first-order valence-electron chi connectivity index (χ1n) is 11.7. The zero-order valence-electron chi connectivity index (χ0n) is 20.4. The van der Waals surface area contributed by atoms with Crippen LogP contribution >= 0.6 is 0 Å². The van der Waals surface area contributed by atoms with Crippen LogP contribution in [0.5, 0.6) is 0 Å². The van der Waals surface area contributed by atoms with Crippen molar-refractivity contribution >= 4 is 5.78 Å². The third kappa shape index (κ3) is 3.54. The number of hydrogen-bond acceptors (Lipinski definition) is 5. The minimum atomic E-state index is -4.69. The number of fused-ring (bicyclic) bond motifs is 1. The largest absolute Gasteiger partial charge is 0.435 e. The number of rotatable bonds is 3. The molecule has 3 heterocycles. The zero-order chi connectivity index (χ0) is 25.3. The summed E-state index contributed by atoms with van der Waals surface area (Å²) in [7, 11) is 1.83. The molecule has 6 nitrogen and oxygen atoms in total. The molecule has 1 aromatic heterocycles. The predicted octanol–water partition coefficient (Wildman–Crippen LogP) is 5.90. The standard InChI is InChI=1S/C26H28F3N5O/c1-6-25(16-9-7-8-15(11-16)18-10-14(2)33-34(18)5)20-17(12-24(3,4)13-19(20)35)30-23-21(25)22(31-32-23)26(27,28)29/h7-11,23,30H,6,12-13H2,1-5H3/t23?,25-/m1/s1. The molecule has 0 amide bonds. The molecule has 1 aliphatic carbocycles. The van der Waals surface area contributed by atoms with E-state index < -0.39 is 23.5 Å². The summed E-state index contributed by atoms with van der Waals surface area (Å²) in [5.41, 5.74) is 1.62. The number of ketones is 1. The predicted molar refractivity (Wildman–Crippen MR) is 125 cm³/mol. The van der Waals surface area contributed by atoms with E-state index in [1.165, 1.54) is 0 Å². The molecule has 0 saturated heterocycles. The van der Waals surface area contributed by atoms with Gasteiger partial charge in [-0.25, -0.2) is 0 Å². The fourth-order valence-electron chi connectivity index (χ4n) is 6.04. The average molecular weight is 484 g/mol. The second-order valence-electron chi connectivity index (χ2n) is 10.5. The first kappa shape index (κ1) is 23.5. The van der Waals surface area contributed by atoms with Gasteiger partial charge in [-0.15, -0.1) is 5.11 Å². The smallest absolute Gasteiger partial charge is 0.362 e. The lowest BCUT2D eigenvalue weighted by molar-refractivity contribution is -0.119. The first-order valence-corrected chi connectivity index (χ1v) is 11.7. The van der Waals surface area contributed by atoms with E-state index in [1.807, 2.05) is 65.1 Å². The van der Waals surface area contributed by atoms with Gasteiger partial charge in [-0.05, 0) is 42.9 Å². The van der Waals surface area contributed by atoms with Gasteiger partial charge in [0.15, 0.2) is 17.6 Å². The van der Waals surface area contributed by atoms with Crippen molar-refractivity contribution in [1.29, 1.82) is 0 Å². The lowest BCUT2D eigenvalue weighted by atomic mass is 9.58. The summed E-state index contributed by atoms with van der Waals surface area (Å²) < 4.78 is 44.4. The number of carbonyl (C=O) groups is 1. The van der Waals surface area contributed by atoms with E-state index in [0.717, 1.165) is 17.0 Å². The lowest BCUT2D eigenvalue weighted by Crippen LogP contribution is -2.52. The van der Waals surface area contributed by atoms with Gasteiger partial charge in [0.1, 0.15) is 0 Å². The highest BCUT2D eigenvalue weighted by molar-refractivity contribution is 6.01. The Kier molecular flexibility index (Phi) is 5.13. The van der Waals surface area contributed by atoms with Gasteiger partial charge in [0.2, 0.25) is 0 Å². The molecule has 184 valence electrons. The van der Waals surface area contributed by atoms with Crippen molar-refractivity contribution in [3.8, 4) is 11.3 Å². The molecule has 2 aromatic rings. The van der Waals surface area contributed by atoms with Gasteiger partial charge < -0.3 is 5.32 Å². The minimum Gasteiger partial charge on any atom is -0.362 e. The third-order valence-electron chi connectivity index (χ3n) is 7.33. The Bertz CT molecular complexity index is 1330. The van der Waals surface area contributed by atoms with Crippen molar-refractivity contribution in [2.24, 2.45) is 22.7 Å². The Labute approximate surface area is 202 Å². The van der Waals surface area contributed by atoms with Crippen molar-refractivity contribution in [3.63, 3.8) is 0 Å². The van der Waals surface area contributed by atoms with E-state index in [1.54, 1.807) is 4.68 Å². The average Bonchev–Trinajstić information content (AvgIpc) is 3.34. The van der Waals surface area contributed by atoms with E-state index in [4.69, 9.17) is 0 Å². The van der Waals surface area contributed by atoms with Crippen LogP contribution in [0.3, 0.4) is 0 Å². The molecule has 1 unspecified atom stereocenters. The van der Waals surface area contributed by atoms with Crippen LogP contribution < -0.4 is 5.32 Å². The molecule has 0 spiro atoms. The van der Waals surface area contributed by atoms with Gasteiger partial charge in [0, 0.05) is 35.9 Å². The van der Waals surface area contributed by atoms with Crippen LogP contribution in [0.4, 0.5) is 13.2 Å². The van der Waals surface area contributed by atoms with Crippen molar-refractivity contribution in [1.82, 2.24) is 15.1 Å². The number of carbonyl (C=O) groups excluding carboxylic acids is 1. The van der Waals surface area contributed by atoms with Gasteiger partial charge in [-0.1, -0.05) is 39.0 Å². The van der Waals surface area contributed by atoms with Gasteiger partial charge in [-0.2, -0.15) is 23.4 Å². The monoisotopic (exact) mass is 483 g/mol.